The van der Waals surface area contributed by atoms with E-state index in [0.717, 1.165) is 17.0 Å². The van der Waals surface area contributed by atoms with Crippen molar-refractivity contribution in [3.05, 3.63) is 70.6 Å². The van der Waals surface area contributed by atoms with E-state index in [4.69, 9.17) is 9.83 Å². The third kappa shape index (κ3) is 2.61. The van der Waals surface area contributed by atoms with E-state index in [1.807, 2.05) is 47.8 Å². The lowest BCUT2D eigenvalue weighted by molar-refractivity contribution is 0.328. The second-order valence-corrected chi connectivity index (χ2v) is 6.37. The molecular weight excluding hydrogens is 322 g/mol. The molecule has 0 fully saturated rings. The third-order valence-electron chi connectivity index (χ3n) is 3.90. The van der Waals surface area contributed by atoms with Crippen LogP contribution in [0.4, 0.5) is 0 Å². The van der Waals surface area contributed by atoms with Crippen LogP contribution in [0.15, 0.2) is 64.3 Å². The van der Waals surface area contributed by atoms with Crippen molar-refractivity contribution in [3.63, 3.8) is 0 Å². The van der Waals surface area contributed by atoms with Gasteiger partial charge in [-0.3, -0.25) is 5.41 Å². The lowest BCUT2D eigenvalue weighted by Crippen LogP contribution is -2.25. The quantitative estimate of drug-likeness (QED) is 0.749. The molecule has 0 saturated heterocycles. The van der Waals surface area contributed by atoms with Crippen LogP contribution in [0.3, 0.4) is 0 Å². The average molecular weight is 337 g/mol. The SMILES string of the molecule is N=C1C(c2nc(-c3ccccc3)cs2)=C(O)CN1Cc1ccco1. The second-order valence-electron chi connectivity index (χ2n) is 5.51. The van der Waals surface area contributed by atoms with Crippen molar-refractivity contribution in [1.29, 1.82) is 5.41 Å². The zero-order valence-corrected chi connectivity index (χ0v) is 13.6. The largest absolute Gasteiger partial charge is 0.510 e. The van der Waals surface area contributed by atoms with Gasteiger partial charge in [0.25, 0.3) is 0 Å². The molecule has 5 nitrogen and oxygen atoms in total. The van der Waals surface area contributed by atoms with Gasteiger partial charge in [0.15, 0.2) is 0 Å². The minimum atomic E-state index is 0.181. The maximum absolute atomic E-state index is 10.3. The molecule has 0 saturated carbocycles. The van der Waals surface area contributed by atoms with Crippen molar-refractivity contribution < 1.29 is 9.52 Å². The monoisotopic (exact) mass is 337 g/mol. The number of hydrogen-bond acceptors (Lipinski definition) is 5. The summed E-state index contributed by atoms with van der Waals surface area (Å²) in [5.41, 5.74) is 2.39. The van der Waals surface area contributed by atoms with Crippen LogP contribution in [0, 0.1) is 5.41 Å². The van der Waals surface area contributed by atoms with E-state index in [9.17, 15) is 5.11 Å². The minimum Gasteiger partial charge on any atom is -0.510 e. The Kier molecular flexibility index (Phi) is 3.66. The third-order valence-corrected chi connectivity index (χ3v) is 4.76. The first-order chi connectivity index (χ1) is 11.7. The molecule has 2 N–H and O–H groups in total. The molecule has 0 bridgehead atoms. The maximum Gasteiger partial charge on any atom is 0.135 e. The fourth-order valence-corrected chi connectivity index (χ4v) is 3.61. The Morgan fingerprint density at radius 2 is 2.04 bits per heavy atom. The average Bonchev–Trinajstić information content (AvgIpc) is 3.31. The van der Waals surface area contributed by atoms with Crippen LogP contribution in [-0.4, -0.2) is 27.4 Å². The molecule has 0 spiro atoms. The standard InChI is InChI=1S/C18H15N3O2S/c19-17-16(15(22)10-21(17)9-13-7-4-8-23-13)18-20-14(11-24-18)12-5-2-1-3-6-12/h1-8,11,19,22H,9-10H2. The fourth-order valence-electron chi connectivity index (χ4n) is 2.71. The molecular formula is C18H15N3O2S. The van der Waals surface area contributed by atoms with E-state index in [2.05, 4.69) is 4.98 Å². The molecule has 24 heavy (non-hydrogen) atoms. The van der Waals surface area contributed by atoms with Crippen LogP contribution in [0.1, 0.15) is 10.8 Å². The smallest absolute Gasteiger partial charge is 0.135 e. The molecule has 0 aliphatic carbocycles. The molecule has 0 atom stereocenters. The van der Waals surface area contributed by atoms with Crippen LogP contribution in [-0.2, 0) is 6.54 Å². The summed E-state index contributed by atoms with van der Waals surface area (Å²) in [4.78, 5) is 6.38. The van der Waals surface area contributed by atoms with Crippen molar-refractivity contribution in [3.8, 4) is 11.3 Å². The Labute approximate surface area is 143 Å². The predicted molar refractivity (Wildman–Crippen MR) is 93.9 cm³/mol. The van der Waals surface area contributed by atoms with Gasteiger partial charge in [0.2, 0.25) is 0 Å². The summed E-state index contributed by atoms with van der Waals surface area (Å²) in [6.45, 7) is 0.755. The predicted octanol–water partition coefficient (Wildman–Crippen LogP) is 4.17. The van der Waals surface area contributed by atoms with E-state index < -0.39 is 0 Å². The van der Waals surface area contributed by atoms with Gasteiger partial charge in [-0.25, -0.2) is 4.98 Å². The molecule has 1 aromatic carbocycles. The van der Waals surface area contributed by atoms with Crippen molar-refractivity contribution >= 4 is 22.7 Å². The van der Waals surface area contributed by atoms with Gasteiger partial charge in [-0.15, -0.1) is 11.3 Å². The van der Waals surface area contributed by atoms with Gasteiger partial charge in [0.05, 0.1) is 30.6 Å². The van der Waals surface area contributed by atoms with Crippen molar-refractivity contribution in [2.24, 2.45) is 0 Å². The second kappa shape index (κ2) is 5.98. The Bertz CT molecular complexity index is 898. The van der Waals surface area contributed by atoms with Crippen LogP contribution >= 0.6 is 11.3 Å². The minimum absolute atomic E-state index is 0.181. The normalized spacial score (nSPS) is 14.7. The number of furan rings is 1. The van der Waals surface area contributed by atoms with Gasteiger partial charge in [0, 0.05) is 10.9 Å². The Morgan fingerprint density at radius 1 is 1.21 bits per heavy atom. The molecule has 6 heteroatoms. The Hall–Kier alpha value is -2.86. The lowest BCUT2D eigenvalue weighted by Gasteiger charge is -2.16. The highest BCUT2D eigenvalue weighted by atomic mass is 32.1. The summed E-state index contributed by atoms with van der Waals surface area (Å²) in [6, 6.07) is 13.6. The van der Waals surface area contributed by atoms with Gasteiger partial charge < -0.3 is 14.4 Å². The number of benzene rings is 1. The van der Waals surface area contributed by atoms with Crippen molar-refractivity contribution in [2.75, 3.05) is 6.54 Å². The first kappa shape index (κ1) is 14.7. The summed E-state index contributed by atoms with van der Waals surface area (Å²) in [7, 11) is 0. The molecule has 0 radical (unpaired) electrons. The van der Waals surface area contributed by atoms with E-state index in [0.29, 0.717) is 23.7 Å². The van der Waals surface area contributed by atoms with Crippen LogP contribution in [0.2, 0.25) is 0 Å². The van der Waals surface area contributed by atoms with E-state index in [-0.39, 0.29) is 11.6 Å². The number of aliphatic hydroxyl groups is 1. The van der Waals surface area contributed by atoms with E-state index in [1.165, 1.54) is 11.3 Å². The summed E-state index contributed by atoms with van der Waals surface area (Å²) in [5.74, 6) is 1.22. The number of thiazole rings is 1. The van der Waals surface area contributed by atoms with Crippen LogP contribution in [0.25, 0.3) is 16.8 Å². The lowest BCUT2D eigenvalue weighted by atomic mass is 10.2. The first-order valence-electron chi connectivity index (χ1n) is 7.52. The number of hydrogen-bond donors (Lipinski definition) is 2. The topological polar surface area (TPSA) is 73.3 Å². The number of nitrogens with zero attached hydrogens (tertiary/aromatic N) is 2. The number of nitrogens with one attached hydrogen (secondary N) is 1. The summed E-state index contributed by atoms with van der Waals surface area (Å²) < 4.78 is 5.33. The summed E-state index contributed by atoms with van der Waals surface area (Å²) in [5, 5.41) is 21.3. The first-order valence-corrected chi connectivity index (χ1v) is 8.40. The molecule has 3 heterocycles. The Balaban J connectivity index is 1.59. The van der Waals surface area contributed by atoms with Crippen molar-refractivity contribution in [1.82, 2.24) is 9.88 Å². The highest BCUT2D eigenvalue weighted by molar-refractivity contribution is 7.11. The van der Waals surface area contributed by atoms with Gasteiger partial charge in [0.1, 0.15) is 22.4 Å². The molecule has 0 unspecified atom stereocenters. The zero-order chi connectivity index (χ0) is 16.5. The van der Waals surface area contributed by atoms with Crippen LogP contribution < -0.4 is 0 Å². The zero-order valence-electron chi connectivity index (χ0n) is 12.8. The Morgan fingerprint density at radius 3 is 2.79 bits per heavy atom. The van der Waals surface area contributed by atoms with Gasteiger partial charge in [-0.05, 0) is 12.1 Å². The number of aromatic nitrogens is 1. The number of rotatable bonds is 4. The molecule has 3 aromatic rings. The summed E-state index contributed by atoms with van der Waals surface area (Å²) >= 11 is 1.44. The molecule has 0 amide bonds. The molecule has 4 rings (SSSR count). The number of aliphatic hydroxyl groups excluding tert-OH is 1. The molecule has 1 aliphatic heterocycles. The maximum atomic E-state index is 10.3. The highest BCUT2D eigenvalue weighted by Crippen LogP contribution is 2.32. The van der Waals surface area contributed by atoms with E-state index >= 15 is 0 Å². The molecule has 120 valence electrons. The van der Waals surface area contributed by atoms with Crippen LogP contribution in [0.5, 0.6) is 0 Å². The highest BCUT2D eigenvalue weighted by Gasteiger charge is 2.30. The van der Waals surface area contributed by atoms with Gasteiger partial charge >= 0.3 is 0 Å². The van der Waals surface area contributed by atoms with E-state index in [1.54, 1.807) is 11.2 Å². The molecule has 2 aromatic heterocycles. The van der Waals surface area contributed by atoms with Gasteiger partial charge in [-0.2, -0.15) is 0 Å². The van der Waals surface area contributed by atoms with Crippen molar-refractivity contribution in [2.45, 2.75) is 6.54 Å². The fraction of sp³-hybridized carbons (Fsp3) is 0.111. The van der Waals surface area contributed by atoms with Gasteiger partial charge in [-0.1, -0.05) is 30.3 Å². The molecule has 1 aliphatic rings. The summed E-state index contributed by atoms with van der Waals surface area (Å²) in [6.07, 6.45) is 1.61. The number of amidine groups is 1.